The second-order valence-electron chi connectivity index (χ2n) is 6.57. The predicted molar refractivity (Wildman–Crippen MR) is 111 cm³/mol. The van der Waals surface area contributed by atoms with E-state index in [1.165, 1.54) is 0 Å². The third kappa shape index (κ3) is 4.44. The summed E-state index contributed by atoms with van der Waals surface area (Å²) in [6, 6.07) is 12.1. The summed E-state index contributed by atoms with van der Waals surface area (Å²) in [5.74, 6) is 0.0000768. The molecule has 0 saturated carbocycles. The molecule has 152 valence electrons. The zero-order valence-corrected chi connectivity index (χ0v) is 17.0. The van der Waals surface area contributed by atoms with E-state index in [4.69, 9.17) is 26.2 Å². The van der Waals surface area contributed by atoms with E-state index in [2.05, 4.69) is 0 Å². The fourth-order valence-electron chi connectivity index (χ4n) is 3.24. The first kappa shape index (κ1) is 20.9. The van der Waals surface area contributed by atoms with Gasteiger partial charge in [0.1, 0.15) is 5.75 Å². The van der Waals surface area contributed by atoms with E-state index >= 15 is 0 Å². The van der Waals surface area contributed by atoms with Gasteiger partial charge in [-0.1, -0.05) is 11.6 Å². The highest BCUT2D eigenvalue weighted by atomic mass is 35.5. The molecule has 1 N–H and O–H groups in total. The van der Waals surface area contributed by atoms with Crippen molar-refractivity contribution < 1.29 is 24.2 Å². The lowest BCUT2D eigenvalue weighted by Gasteiger charge is -2.08. The molecular weight excluding hydrogens is 394 g/mol. The lowest BCUT2D eigenvalue weighted by Crippen LogP contribution is -2.15. The Kier molecular flexibility index (Phi) is 6.56. The van der Waals surface area contributed by atoms with Crippen molar-refractivity contribution in [1.82, 2.24) is 4.57 Å². The summed E-state index contributed by atoms with van der Waals surface area (Å²) < 4.78 is 12.1. The molecular formula is C22H22ClNO5. The van der Waals surface area contributed by atoms with Crippen molar-refractivity contribution in [2.24, 2.45) is 0 Å². The van der Waals surface area contributed by atoms with Crippen LogP contribution >= 0.6 is 11.6 Å². The molecule has 0 aliphatic rings. The molecule has 0 aliphatic carbocycles. The van der Waals surface area contributed by atoms with Crippen LogP contribution in [0.5, 0.6) is 5.75 Å². The minimum Gasteiger partial charge on any atom is -0.497 e. The van der Waals surface area contributed by atoms with Gasteiger partial charge >= 0.3 is 5.97 Å². The summed E-state index contributed by atoms with van der Waals surface area (Å²) in [6.45, 7) is 1.91. The molecule has 2 aromatic carbocycles. The van der Waals surface area contributed by atoms with E-state index in [9.17, 15) is 9.59 Å². The molecule has 1 heterocycles. The van der Waals surface area contributed by atoms with Gasteiger partial charge in [0, 0.05) is 34.7 Å². The highest BCUT2D eigenvalue weighted by molar-refractivity contribution is 6.30. The molecule has 0 atom stereocenters. The molecule has 0 unspecified atom stereocenters. The maximum absolute atomic E-state index is 13.2. The molecule has 0 spiro atoms. The van der Waals surface area contributed by atoms with Gasteiger partial charge in [-0.05, 0) is 55.0 Å². The Morgan fingerprint density at radius 3 is 2.52 bits per heavy atom. The minimum atomic E-state index is -0.414. The van der Waals surface area contributed by atoms with Gasteiger partial charge in [0.2, 0.25) is 0 Å². The second kappa shape index (κ2) is 9.11. The van der Waals surface area contributed by atoms with Crippen molar-refractivity contribution >= 4 is 34.4 Å². The molecule has 6 nitrogen and oxygen atoms in total. The van der Waals surface area contributed by atoms with Gasteiger partial charge in [0.15, 0.2) is 0 Å². The van der Waals surface area contributed by atoms with Crippen LogP contribution < -0.4 is 4.74 Å². The maximum Gasteiger partial charge on any atom is 0.310 e. The second-order valence-corrected chi connectivity index (χ2v) is 7.01. The third-order valence-electron chi connectivity index (χ3n) is 4.72. The smallest absolute Gasteiger partial charge is 0.310 e. The number of fused-ring (bicyclic) bond motifs is 1. The van der Waals surface area contributed by atoms with Gasteiger partial charge in [0.25, 0.3) is 5.91 Å². The number of benzene rings is 2. The lowest BCUT2D eigenvalue weighted by molar-refractivity contribution is -0.143. The van der Waals surface area contributed by atoms with Crippen molar-refractivity contribution in [3.8, 4) is 5.75 Å². The average Bonchev–Trinajstić information content (AvgIpc) is 2.99. The molecule has 0 aliphatic heterocycles. The van der Waals surface area contributed by atoms with E-state index < -0.39 is 5.97 Å². The molecule has 3 rings (SSSR count). The molecule has 3 aromatic rings. The molecule has 0 bridgehead atoms. The summed E-state index contributed by atoms with van der Waals surface area (Å²) in [6.07, 6.45) is 0.400. The van der Waals surface area contributed by atoms with E-state index in [-0.39, 0.29) is 25.5 Å². The van der Waals surface area contributed by atoms with Crippen molar-refractivity contribution in [2.75, 3.05) is 20.3 Å². The van der Waals surface area contributed by atoms with E-state index in [0.29, 0.717) is 39.5 Å². The Labute approximate surface area is 173 Å². The predicted octanol–water partition coefficient (Wildman–Crippen LogP) is 3.77. The minimum absolute atomic E-state index is 0.0157. The van der Waals surface area contributed by atoms with Crippen LogP contribution in [0, 0.1) is 6.92 Å². The number of rotatable bonds is 7. The fraction of sp³-hybridized carbons (Fsp3) is 0.273. The lowest BCUT2D eigenvalue weighted by atomic mass is 10.1. The molecule has 0 amide bonds. The Balaban J connectivity index is 2.06. The first-order valence-corrected chi connectivity index (χ1v) is 9.58. The molecule has 0 fully saturated rings. The largest absolute Gasteiger partial charge is 0.497 e. The number of methoxy groups -OCH3 is 1. The highest BCUT2D eigenvalue weighted by Crippen LogP contribution is 2.31. The maximum atomic E-state index is 13.2. The Morgan fingerprint density at radius 1 is 1.14 bits per heavy atom. The van der Waals surface area contributed by atoms with E-state index in [1.807, 2.05) is 6.07 Å². The van der Waals surface area contributed by atoms with Crippen LogP contribution in [0.1, 0.15) is 28.0 Å². The molecule has 0 saturated heterocycles. The van der Waals surface area contributed by atoms with Crippen LogP contribution in [-0.2, 0) is 16.0 Å². The van der Waals surface area contributed by atoms with Crippen molar-refractivity contribution in [2.45, 2.75) is 19.8 Å². The van der Waals surface area contributed by atoms with Crippen LogP contribution in [0.4, 0.5) is 0 Å². The van der Waals surface area contributed by atoms with Gasteiger partial charge < -0.3 is 14.6 Å². The average molecular weight is 416 g/mol. The summed E-state index contributed by atoms with van der Waals surface area (Å²) in [4.78, 5) is 25.5. The number of aliphatic hydroxyl groups is 1. The van der Waals surface area contributed by atoms with Crippen molar-refractivity contribution in [3.05, 3.63) is 64.3 Å². The Hall–Kier alpha value is -2.83. The normalized spacial score (nSPS) is 10.9. The fourth-order valence-corrected chi connectivity index (χ4v) is 3.37. The first-order valence-electron chi connectivity index (χ1n) is 9.21. The van der Waals surface area contributed by atoms with Crippen LogP contribution in [0.15, 0.2) is 42.5 Å². The SMILES string of the molecule is COc1ccc2c(c1)c(CC(=O)OCCCO)c(C)n2C(=O)c1ccc(Cl)cc1. The number of aromatic nitrogens is 1. The van der Waals surface area contributed by atoms with Gasteiger partial charge in [-0.15, -0.1) is 0 Å². The quantitative estimate of drug-likeness (QED) is 0.469. The van der Waals surface area contributed by atoms with Crippen LogP contribution in [-0.4, -0.2) is 41.9 Å². The molecule has 0 radical (unpaired) electrons. The van der Waals surface area contributed by atoms with Crippen LogP contribution in [0.2, 0.25) is 5.02 Å². The topological polar surface area (TPSA) is 77.8 Å². The summed E-state index contributed by atoms with van der Waals surface area (Å²) in [7, 11) is 1.56. The number of esters is 1. The molecule has 29 heavy (non-hydrogen) atoms. The van der Waals surface area contributed by atoms with Crippen LogP contribution in [0.3, 0.4) is 0 Å². The summed E-state index contributed by atoms with van der Waals surface area (Å²) in [5, 5.41) is 10.1. The third-order valence-corrected chi connectivity index (χ3v) is 4.97. The Bertz CT molecular complexity index is 1040. The van der Waals surface area contributed by atoms with Gasteiger partial charge in [-0.25, -0.2) is 0 Å². The first-order chi connectivity index (χ1) is 14.0. The van der Waals surface area contributed by atoms with Crippen molar-refractivity contribution in [1.29, 1.82) is 0 Å². The zero-order valence-electron chi connectivity index (χ0n) is 16.3. The van der Waals surface area contributed by atoms with Crippen molar-refractivity contribution in [3.63, 3.8) is 0 Å². The van der Waals surface area contributed by atoms with Crippen LogP contribution in [0.25, 0.3) is 10.9 Å². The van der Waals surface area contributed by atoms with E-state index in [0.717, 1.165) is 5.39 Å². The summed E-state index contributed by atoms with van der Waals surface area (Å²) in [5.41, 5.74) is 2.53. The molecule has 1 aromatic heterocycles. The molecule has 7 heteroatoms. The number of hydrogen-bond acceptors (Lipinski definition) is 5. The van der Waals surface area contributed by atoms with E-state index in [1.54, 1.807) is 55.0 Å². The van der Waals surface area contributed by atoms with Gasteiger partial charge in [-0.2, -0.15) is 0 Å². The number of aliphatic hydroxyl groups excluding tert-OH is 1. The number of carbonyl (C=O) groups excluding carboxylic acids is 2. The highest BCUT2D eigenvalue weighted by Gasteiger charge is 2.22. The van der Waals surface area contributed by atoms with Gasteiger partial charge in [-0.3, -0.25) is 14.2 Å². The number of nitrogens with zero attached hydrogens (tertiary/aromatic N) is 1. The number of hydrogen-bond donors (Lipinski definition) is 1. The number of halogens is 1. The standard InChI is InChI=1S/C22H22ClNO5/c1-14-18(13-21(26)29-11-3-10-25)19-12-17(28-2)8-9-20(19)24(14)22(27)15-4-6-16(23)7-5-15/h4-9,12,25H,3,10-11,13H2,1-2H3. The zero-order chi connectivity index (χ0) is 21.0. The van der Waals surface area contributed by atoms with Gasteiger partial charge in [0.05, 0.1) is 25.7 Å². The number of ether oxygens (including phenoxy) is 2. The number of carbonyl (C=O) groups is 2. The Morgan fingerprint density at radius 2 is 1.86 bits per heavy atom. The monoisotopic (exact) mass is 415 g/mol. The summed E-state index contributed by atoms with van der Waals surface area (Å²) >= 11 is 5.94.